The fourth-order valence-corrected chi connectivity index (χ4v) is 2.04. The first-order valence-corrected chi connectivity index (χ1v) is 5.84. The minimum atomic E-state index is -0.243. The van der Waals surface area contributed by atoms with E-state index in [-0.39, 0.29) is 5.82 Å². The molecule has 0 amide bonds. The molecule has 0 saturated carbocycles. The fourth-order valence-electron chi connectivity index (χ4n) is 1.84. The van der Waals surface area contributed by atoms with Crippen molar-refractivity contribution in [1.29, 1.82) is 0 Å². The standard InChI is InChI=1S/C13H9ClFN3/c14-11-2-1-7-18-12(16-17-13(11)18)8-9-3-5-10(15)6-4-9/h1-7H,8H2. The van der Waals surface area contributed by atoms with Gasteiger partial charge in [0.25, 0.3) is 0 Å². The van der Waals surface area contributed by atoms with Gasteiger partial charge in [0, 0.05) is 12.6 Å². The number of nitrogens with zero attached hydrogens (tertiary/aromatic N) is 3. The van der Waals surface area contributed by atoms with Crippen molar-refractivity contribution in [3.05, 3.63) is 64.8 Å². The van der Waals surface area contributed by atoms with E-state index in [9.17, 15) is 4.39 Å². The monoisotopic (exact) mass is 261 g/mol. The quantitative estimate of drug-likeness (QED) is 0.710. The summed E-state index contributed by atoms with van der Waals surface area (Å²) in [7, 11) is 0. The summed E-state index contributed by atoms with van der Waals surface area (Å²) in [5.74, 6) is 0.534. The summed E-state index contributed by atoms with van der Waals surface area (Å²) in [6.45, 7) is 0. The summed E-state index contributed by atoms with van der Waals surface area (Å²) in [6.07, 6.45) is 2.45. The van der Waals surface area contributed by atoms with Gasteiger partial charge in [0.2, 0.25) is 0 Å². The summed E-state index contributed by atoms with van der Waals surface area (Å²) in [6, 6.07) is 9.96. The van der Waals surface area contributed by atoms with Crippen LogP contribution in [0.3, 0.4) is 0 Å². The summed E-state index contributed by atoms with van der Waals surface area (Å²) in [5.41, 5.74) is 1.61. The van der Waals surface area contributed by atoms with E-state index in [1.807, 2.05) is 16.7 Å². The number of halogens is 2. The molecule has 3 rings (SSSR count). The van der Waals surface area contributed by atoms with E-state index in [2.05, 4.69) is 10.2 Å². The Labute approximate surface area is 108 Å². The lowest BCUT2D eigenvalue weighted by atomic mass is 10.1. The summed E-state index contributed by atoms with van der Waals surface area (Å²) in [4.78, 5) is 0. The van der Waals surface area contributed by atoms with Crippen LogP contribution in [0.1, 0.15) is 11.4 Å². The van der Waals surface area contributed by atoms with Crippen molar-refractivity contribution in [2.24, 2.45) is 0 Å². The molecule has 0 aliphatic rings. The summed E-state index contributed by atoms with van der Waals surface area (Å²) >= 11 is 6.02. The number of benzene rings is 1. The maximum atomic E-state index is 12.8. The molecule has 18 heavy (non-hydrogen) atoms. The Hall–Kier alpha value is -1.94. The van der Waals surface area contributed by atoms with Crippen LogP contribution in [0, 0.1) is 5.82 Å². The maximum absolute atomic E-state index is 12.8. The van der Waals surface area contributed by atoms with Gasteiger partial charge in [0.15, 0.2) is 5.65 Å². The molecule has 5 heteroatoms. The SMILES string of the molecule is Fc1ccc(Cc2nnc3c(Cl)cccn23)cc1. The van der Waals surface area contributed by atoms with Gasteiger partial charge in [-0.25, -0.2) is 4.39 Å². The second kappa shape index (κ2) is 4.38. The molecule has 0 radical (unpaired) electrons. The van der Waals surface area contributed by atoms with Crippen molar-refractivity contribution in [1.82, 2.24) is 14.6 Å². The Kier molecular flexibility index (Phi) is 2.72. The Morgan fingerprint density at radius 3 is 2.67 bits per heavy atom. The van der Waals surface area contributed by atoms with Crippen molar-refractivity contribution >= 4 is 17.2 Å². The van der Waals surface area contributed by atoms with Crippen LogP contribution in [-0.4, -0.2) is 14.6 Å². The second-order valence-corrected chi connectivity index (χ2v) is 4.38. The van der Waals surface area contributed by atoms with Crippen LogP contribution in [0.4, 0.5) is 4.39 Å². The minimum absolute atomic E-state index is 0.243. The molecule has 0 aliphatic heterocycles. The molecular formula is C13H9ClFN3. The van der Waals surface area contributed by atoms with Crippen LogP contribution in [0.2, 0.25) is 5.02 Å². The molecule has 90 valence electrons. The zero-order valence-corrected chi connectivity index (χ0v) is 10.1. The number of rotatable bonds is 2. The lowest BCUT2D eigenvalue weighted by Crippen LogP contribution is -1.96. The van der Waals surface area contributed by atoms with Crippen LogP contribution in [0.15, 0.2) is 42.6 Å². The molecule has 0 unspecified atom stereocenters. The van der Waals surface area contributed by atoms with Gasteiger partial charge in [-0.05, 0) is 29.8 Å². The first-order chi connectivity index (χ1) is 8.74. The maximum Gasteiger partial charge on any atom is 0.179 e. The van der Waals surface area contributed by atoms with Gasteiger partial charge in [-0.2, -0.15) is 0 Å². The topological polar surface area (TPSA) is 30.2 Å². The Balaban J connectivity index is 2.00. The van der Waals surface area contributed by atoms with Crippen molar-refractivity contribution < 1.29 is 4.39 Å². The van der Waals surface area contributed by atoms with Crippen LogP contribution < -0.4 is 0 Å². The molecule has 0 N–H and O–H groups in total. The molecule has 0 saturated heterocycles. The van der Waals surface area contributed by atoms with Gasteiger partial charge in [-0.3, -0.25) is 4.40 Å². The zero-order valence-electron chi connectivity index (χ0n) is 9.35. The summed E-state index contributed by atoms with van der Waals surface area (Å²) in [5, 5.41) is 8.71. The third-order valence-corrected chi connectivity index (χ3v) is 3.03. The average molecular weight is 262 g/mol. The molecule has 1 aromatic carbocycles. The predicted molar refractivity (Wildman–Crippen MR) is 67.2 cm³/mol. The van der Waals surface area contributed by atoms with Crippen molar-refractivity contribution in [3.63, 3.8) is 0 Å². The van der Waals surface area contributed by atoms with E-state index in [1.165, 1.54) is 12.1 Å². The van der Waals surface area contributed by atoms with E-state index in [0.717, 1.165) is 11.4 Å². The normalized spacial score (nSPS) is 11.0. The molecule has 0 atom stereocenters. The number of pyridine rings is 1. The third kappa shape index (κ3) is 1.95. The van der Waals surface area contributed by atoms with E-state index in [0.29, 0.717) is 17.1 Å². The fraction of sp³-hybridized carbons (Fsp3) is 0.0769. The Bertz CT molecular complexity index is 691. The first-order valence-electron chi connectivity index (χ1n) is 5.46. The van der Waals surface area contributed by atoms with Gasteiger partial charge in [-0.1, -0.05) is 23.7 Å². The van der Waals surface area contributed by atoms with Crippen molar-refractivity contribution in [2.45, 2.75) is 6.42 Å². The van der Waals surface area contributed by atoms with Gasteiger partial charge in [0.1, 0.15) is 11.6 Å². The van der Waals surface area contributed by atoms with Crippen molar-refractivity contribution in [3.8, 4) is 0 Å². The van der Waals surface area contributed by atoms with E-state index in [4.69, 9.17) is 11.6 Å². The Morgan fingerprint density at radius 1 is 1.11 bits per heavy atom. The summed E-state index contributed by atoms with van der Waals surface area (Å²) < 4.78 is 14.7. The van der Waals surface area contributed by atoms with Crippen LogP contribution >= 0.6 is 11.6 Å². The van der Waals surface area contributed by atoms with Crippen molar-refractivity contribution in [2.75, 3.05) is 0 Å². The predicted octanol–water partition coefficient (Wildman–Crippen LogP) is 3.11. The highest BCUT2D eigenvalue weighted by atomic mass is 35.5. The molecular weight excluding hydrogens is 253 g/mol. The minimum Gasteiger partial charge on any atom is -0.285 e. The first kappa shape index (κ1) is 11.2. The van der Waals surface area contributed by atoms with E-state index >= 15 is 0 Å². The lowest BCUT2D eigenvalue weighted by molar-refractivity contribution is 0.627. The van der Waals surface area contributed by atoms with Gasteiger partial charge in [-0.15, -0.1) is 10.2 Å². The average Bonchev–Trinajstić information content (AvgIpc) is 2.77. The molecule has 2 heterocycles. The highest BCUT2D eigenvalue weighted by Crippen LogP contribution is 2.17. The molecule has 0 fully saturated rings. The van der Waals surface area contributed by atoms with Gasteiger partial charge < -0.3 is 0 Å². The van der Waals surface area contributed by atoms with Gasteiger partial charge >= 0.3 is 0 Å². The molecule has 0 aliphatic carbocycles. The largest absolute Gasteiger partial charge is 0.285 e. The highest BCUT2D eigenvalue weighted by molar-refractivity contribution is 6.33. The number of fused-ring (bicyclic) bond motifs is 1. The van der Waals surface area contributed by atoms with Gasteiger partial charge in [0.05, 0.1) is 5.02 Å². The highest BCUT2D eigenvalue weighted by Gasteiger charge is 2.08. The Morgan fingerprint density at radius 2 is 1.89 bits per heavy atom. The zero-order chi connectivity index (χ0) is 12.5. The molecule has 2 aromatic heterocycles. The number of hydrogen-bond donors (Lipinski definition) is 0. The van der Waals surface area contributed by atoms with E-state index in [1.54, 1.807) is 18.2 Å². The molecule has 3 nitrogen and oxygen atoms in total. The smallest absolute Gasteiger partial charge is 0.179 e. The van der Waals surface area contributed by atoms with Crippen LogP contribution in [0.5, 0.6) is 0 Å². The molecule has 3 aromatic rings. The van der Waals surface area contributed by atoms with E-state index < -0.39 is 0 Å². The number of hydrogen-bond acceptors (Lipinski definition) is 2. The third-order valence-electron chi connectivity index (χ3n) is 2.73. The lowest BCUT2D eigenvalue weighted by Gasteiger charge is -2.01. The molecule has 0 bridgehead atoms. The number of aromatic nitrogens is 3. The van der Waals surface area contributed by atoms with Crippen LogP contribution in [-0.2, 0) is 6.42 Å². The second-order valence-electron chi connectivity index (χ2n) is 3.97. The molecule has 0 spiro atoms. The van der Waals surface area contributed by atoms with Crippen LogP contribution in [0.25, 0.3) is 5.65 Å².